The number of allylic oxidation sites excluding steroid dienone is 4. The SMILES string of the molecule is CCCCCC1CCC(CC/C=C/C2=CCC(c3ccc(OCCCC)c(F)c3F)CC2)CC1. The average Bonchev–Trinajstić information content (AvgIpc) is 2.86. The van der Waals surface area contributed by atoms with Gasteiger partial charge < -0.3 is 4.74 Å². The van der Waals surface area contributed by atoms with Crippen molar-refractivity contribution in [1.29, 1.82) is 0 Å². The Kier molecular flexibility index (Phi) is 11.6. The third-order valence-corrected chi connectivity index (χ3v) is 7.97. The fourth-order valence-electron chi connectivity index (χ4n) is 5.65. The van der Waals surface area contributed by atoms with E-state index < -0.39 is 11.6 Å². The van der Waals surface area contributed by atoms with Crippen LogP contribution in [-0.4, -0.2) is 6.61 Å². The molecule has 0 radical (unpaired) electrons. The highest BCUT2D eigenvalue weighted by Gasteiger charge is 2.23. The third-order valence-electron chi connectivity index (χ3n) is 7.97. The number of unbranched alkanes of at least 4 members (excludes halogenated alkanes) is 3. The van der Waals surface area contributed by atoms with E-state index in [9.17, 15) is 8.78 Å². The second kappa shape index (κ2) is 14.7. The van der Waals surface area contributed by atoms with Gasteiger partial charge in [0.05, 0.1) is 6.61 Å². The molecule has 0 amide bonds. The van der Waals surface area contributed by atoms with Gasteiger partial charge in [0, 0.05) is 0 Å². The van der Waals surface area contributed by atoms with E-state index in [1.165, 1.54) is 63.4 Å². The molecule has 2 aliphatic rings. The van der Waals surface area contributed by atoms with Gasteiger partial charge in [-0.05, 0) is 67.9 Å². The second-order valence-electron chi connectivity index (χ2n) is 10.6. The van der Waals surface area contributed by atoms with Crippen LogP contribution in [-0.2, 0) is 0 Å². The summed E-state index contributed by atoms with van der Waals surface area (Å²) in [5.74, 6) is 0.411. The van der Waals surface area contributed by atoms with E-state index in [1.54, 1.807) is 12.1 Å². The van der Waals surface area contributed by atoms with Gasteiger partial charge >= 0.3 is 0 Å². The van der Waals surface area contributed by atoms with Crippen LogP contribution in [0.15, 0.2) is 35.9 Å². The highest BCUT2D eigenvalue weighted by molar-refractivity contribution is 5.35. The molecule has 0 spiro atoms. The van der Waals surface area contributed by atoms with Crippen molar-refractivity contribution in [2.45, 2.75) is 116 Å². The van der Waals surface area contributed by atoms with E-state index in [-0.39, 0.29) is 11.7 Å². The first-order valence-electron chi connectivity index (χ1n) is 14.1. The van der Waals surface area contributed by atoms with Crippen LogP contribution in [0.25, 0.3) is 0 Å². The Morgan fingerprint density at radius 1 is 0.882 bits per heavy atom. The number of ether oxygens (including phenoxy) is 1. The summed E-state index contributed by atoms with van der Waals surface area (Å²) < 4.78 is 34.5. The Bertz CT molecular complexity index is 789. The largest absolute Gasteiger partial charge is 0.490 e. The lowest BCUT2D eigenvalue weighted by molar-refractivity contribution is 0.250. The van der Waals surface area contributed by atoms with Gasteiger partial charge in [0.25, 0.3) is 0 Å². The number of halogens is 2. The quantitative estimate of drug-likeness (QED) is 0.259. The topological polar surface area (TPSA) is 9.23 Å². The van der Waals surface area contributed by atoms with E-state index >= 15 is 0 Å². The minimum atomic E-state index is -0.835. The highest BCUT2D eigenvalue weighted by Crippen LogP contribution is 2.37. The maximum absolute atomic E-state index is 14.7. The Morgan fingerprint density at radius 2 is 1.62 bits per heavy atom. The van der Waals surface area contributed by atoms with E-state index in [2.05, 4.69) is 25.2 Å². The van der Waals surface area contributed by atoms with Crippen molar-refractivity contribution in [3.8, 4) is 5.75 Å². The van der Waals surface area contributed by atoms with Crippen LogP contribution in [0.2, 0.25) is 0 Å². The molecule has 0 aromatic heterocycles. The number of hydrogen-bond acceptors (Lipinski definition) is 1. The van der Waals surface area contributed by atoms with Crippen LogP contribution >= 0.6 is 0 Å². The van der Waals surface area contributed by atoms with Crippen LogP contribution in [0.1, 0.15) is 122 Å². The number of hydrogen-bond donors (Lipinski definition) is 0. The van der Waals surface area contributed by atoms with Crippen LogP contribution in [0.4, 0.5) is 8.78 Å². The van der Waals surface area contributed by atoms with Crippen LogP contribution in [0.3, 0.4) is 0 Å². The van der Waals surface area contributed by atoms with Gasteiger partial charge in [0.1, 0.15) is 0 Å². The van der Waals surface area contributed by atoms with Crippen molar-refractivity contribution in [3.05, 3.63) is 53.1 Å². The predicted molar refractivity (Wildman–Crippen MR) is 139 cm³/mol. The van der Waals surface area contributed by atoms with E-state index in [1.807, 2.05) is 6.92 Å². The Morgan fingerprint density at radius 3 is 2.29 bits per heavy atom. The van der Waals surface area contributed by atoms with Gasteiger partial charge in [0.15, 0.2) is 11.6 Å². The van der Waals surface area contributed by atoms with Crippen molar-refractivity contribution in [2.75, 3.05) is 6.61 Å². The molecule has 0 heterocycles. The molecule has 1 unspecified atom stereocenters. The second-order valence-corrected chi connectivity index (χ2v) is 10.6. The summed E-state index contributed by atoms with van der Waals surface area (Å²) in [6.07, 6.45) is 25.0. The lowest BCUT2D eigenvalue weighted by Gasteiger charge is -2.28. The lowest BCUT2D eigenvalue weighted by atomic mass is 9.78. The third kappa shape index (κ3) is 8.24. The maximum atomic E-state index is 14.7. The molecule has 3 heteroatoms. The van der Waals surface area contributed by atoms with E-state index in [0.29, 0.717) is 12.2 Å². The summed E-state index contributed by atoms with van der Waals surface area (Å²) in [5, 5.41) is 0. The monoisotopic (exact) mass is 472 g/mol. The zero-order chi connectivity index (χ0) is 24.2. The predicted octanol–water partition coefficient (Wildman–Crippen LogP) is 10.1. The highest BCUT2D eigenvalue weighted by atomic mass is 19.2. The van der Waals surface area contributed by atoms with Gasteiger partial charge in [-0.1, -0.05) is 102 Å². The van der Waals surface area contributed by atoms with Crippen molar-refractivity contribution in [2.24, 2.45) is 11.8 Å². The first kappa shape index (κ1) is 27.0. The van der Waals surface area contributed by atoms with Crippen LogP contribution in [0.5, 0.6) is 5.75 Å². The van der Waals surface area contributed by atoms with Crippen LogP contribution in [0, 0.1) is 23.5 Å². The molecule has 0 saturated heterocycles. The molecule has 1 aromatic carbocycles. The molecule has 3 rings (SSSR count). The van der Waals surface area contributed by atoms with Gasteiger partial charge in [0.2, 0.25) is 5.82 Å². The Hall–Kier alpha value is -1.64. The van der Waals surface area contributed by atoms with Crippen molar-refractivity contribution in [1.82, 2.24) is 0 Å². The summed E-state index contributed by atoms with van der Waals surface area (Å²) in [6.45, 7) is 4.76. The summed E-state index contributed by atoms with van der Waals surface area (Å²) in [5.41, 5.74) is 1.83. The molecular formula is C31H46F2O. The summed E-state index contributed by atoms with van der Waals surface area (Å²) >= 11 is 0. The number of rotatable bonds is 13. The molecule has 34 heavy (non-hydrogen) atoms. The van der Waals surface area contributed by atoms with E-state index in [4.69, 9.17) is 4.74 Å². The molecule has 1 nitrogen and oxygen atoms in total. The molecule has 1 fully saturated rings. The zero-order valence-electron chi connectivity index (χ0n) is 21.6. The fourth-order valence-corrected chi connectivity index (χ4v) is 5.65. The van der Waals surface area contributed by atoms with E-state index in [0.717, 1.165) is 50.4 Å². The molecule has 0 aliphatic heterocycles. The minimum absolute atomic E-state index is 0.0367. The average molecular weight is 473 g/mol. The van der Waals surface area contributed by atoms with Gasteiger partial charge in [-0.25, -0.2) is 4.39 Å². The molecule has 190 valence electrons. The summed E-state index contributed by atoms with van der Waals surface area (Å²) in [4.78, 5) is 0. The first-order valence-corrected chi connectivity index (χ1v) is 14.1. The Labute approximate surface area is 207 Å². The van der Waals surface area contributed by atoms with Crippen molar-refractivity contribution >= 4 is 0 Å². The molecular weight excluding hydrogens is 426 g/mol. The molecule has 1 atom stereocenters. The zero-order valence-corrected chi connectivity index (χ0v) is 21.6. The maximum Gasteiger partial charge on any atom is 0.200 e. The Balaban J connectivity index is 1.39. The summed E-state index contributed by atoms with van der Waals surface area (Å²) in [7, 11) is 0. The first-order chi connectivity index (χ1) is 16.6. The standard InChI is InChI=1S/C31H46F2O/c1-3-5-7-10-24-13-15-25(16-14-24)11-8-9-12-26-17-19-27(20-18-26)28-21-22-29(31(33)30(28)32)34-23-6-4-2/h9,12,17,21-22,24-25,27H,3-8,10-11,13-16,18-20,23H2,1-2H3/b12-9+. The normalized spacial score (nSPS) is 23.3. The van der Waals surface area contributed by atoms with Gasteiger partial charge in [-0.15, -0.1) is 0 Å². The smallest absolute Gasteiger partial charge is 0.200 e. The summed E-state index contributed by atoms with van der Waals surface area (Å²) in [6, 6.07) is 3.32. The molecule has 1 aromatic rings. The van der Waals surface area contributed by atoms with Crippen molar-refractivity contribution in [3.63, 3.8) is 0 Å². The van der Waals surface area contributed by atoms with Gasteiger partial charge in [-0.2, -0.15) is 4.39 Å². The number of benzene rings is 1. The molecule has 1 saturated carbocycles. The minimum Gasteiger partial charge on any atom is -0.490 e. The van der Waals surface area contributed by atoms with Crippen molar-refractivity contribution < 1.29 is 13.5 Å². The molecule has 0 N–H and O–H groups in total. The lowest BCUT2D eigenvalue weighted by Crippen LogP contribution is -2.14. The van der Waals surface area contributed by atoms with Crippen LogP contribution < -0.4 is 4.74 Å². The van der Waals surface area contributed by atoms with Gasteiger partial charge in [-0.3, -0.25) is 0 Å². The molecule has 0 bridgehead atoms. The fraction of sp³-hybridized carbons (Fsp3) is 0.677. The molecule has 2 aliphatic carbocycles.